The van der Waals surface area contributed by atoms with E-state index in [9.17, 15) is 18.0 Å². The average Bonchev–Trinajstić information content (AvgIpc) is 3.01. The van der Waals surface area contributed by atoms with E-state index < -0.39 is 15.5 Å². The van der Waals surface area contributed by atoms with Gasteiger partial charge in [-0.05, 0) is 43.7 Å². The van der Waals surface area contributed by atoms with Crippen molar-refractivity contribution in [1.29, 1.82) is 0 Å². The number of carbonyl (C=O) groups excluding carboxylic acids is 1. The standard InChI is InChI=1S/C18H25NO6S/c1-12-9-15(14-4-7-24-8-5-14)25-18(21)16(12)17(20)19-6-3-13(10-19)11-26(2,22)23/h9,13-14H,3-8,10-11H2,1-2H3. The van der Waals surface area contributed by atoms with Crippen molar-refractivity contribution < 1.29 is 22.4 Å². The van der Waals surface area contributed by atoms with Gasteiger partial charge in [-0.2, -0.15) is 0 Å². The monoisotopic (exact) mass is 383 g/mol. The second-order valence-electron chi connectivity index (χ2n) is 7.38. The fourth-order valence-electron chi connectivity index (χ4n) is 3.81. The largest absolute Gasteiger partial charge is 0.427 e. The summed E-state index contributed by atoms with van der Waals surface area (Å²) in [6.45, 7) is 3.84. The lowest BCUT2D eigenvalue weighted by Crippen LogP contribution is -2.34. The summed E-state index contributed by atoms with van der Waals surface area (Å²) in [6.07, 6.45) is 3.43. The maximum absolute atomic E-state index is 12.8. The smallest absolute Gasteiger partial charge is 0.349 e. The van der Waals surface area contributed by atoms with Crippen LogP contribution in [0.1, 0.15) is 46.9 Å². The van der Waals surface area contributed by atoms with Crippen molar-refractivity contribution in [2.45, 2.75) is 32.1 Å². The molecule has 7 nitrogen and oxygen atoms in total. The number of rotatable bonds is 4. The molecule has 3 heterocycles. The zero-order chi connectivity index (χ0) is 18.9. The minimum absolute atomic E-state index is 0.0563. The van der Waals surface area contributed by atoms with Crippen LogP contribution in [0.5, 0.6) is 0 Å². The second-order valence-corrected chi connectivity index (χ2v) is 9.56. The first-order valence-electron chi connectivity index (χ1n) is 8.94. The molecule has 0 spiro atoms. The Kier molecular flexibility index (Phi) is 5.53. The summed E-state index contributed by atoms with van der Waals surface area (Å²) in [6, 6.07) is 1.79. The molecule has 26 heavy (non-hydrogen) atoms. The van der Waals surface area contributed by atoms with E-state index in [-0.39, 0.29) is 29.1 Å². The van der Waals surface area contributed by atoms with E-state index in [0.717, 1.165) is 12.8 Å². The van der Waals surface area contributed by atoms with Crippen molar-refractivity contribution in [2.24, 2.45) is 5.92 Å². The van der Waals surface area contributed by atoms with Gasteiger partial charge in [0, 0.05) is 38.5 Å². The van der Waals surface area contributed by atoms with Crippen LogP contribution < -0.4 is 5.63 Å². The molecule has 144 valence electrons. The molecule has 1 aromatic heterocycles. The normalized spacial score (nSPS) is 21.9. The molecule has 2 fully saturated rings. The minimum atomic E-state index is -3.08. The van der Waals surface area contributed by atoms with Crippen molar-refractivity contribution in [3.05, 3.63) is 33.4 Å². The number of likely N-dealkylation sites (tertiary alicyclic amines) is 1. The third kappa shape index (κ3) is 4.35. The molecule has 8 heteroatoms. The van der Waals surface area contributed by atoms with Crippen LogP contribution in [0.2, 0.25) is 0 Å². The van der Waals surface area contributed by atoms with Crippen LogP contribution in [0.25, 0.3) is 0 Å². The van der Waals surface area contributed by atoms with Crippen molar-refractivity contribution >= 4 is 15.7 Å². The third-order valence-corrected chi connectivity index (χ3v) is 6.19. The molecular formula is C18H25NO6S. The zero-order valence-corrected chi connectivity index (χ0v) is 16.0. The molecule has 3 rings (SSSR count). The maximum Gasteiger partial charge on any atom is 0.349 e. The molecular weight excluding hydrogens is 358 g/mol. The number of sulfone groups is 1. The summed E-state index contributed by atoms with van der Waals surface area (Å²) in [5, 5.41) is 0. The fourth-order valence-corrected chi connectivity index (χ4v) is 4.94. The van der Waals surface area contributed by atoms with Gasteiger partial charge in [-0.1, -0.05) is 0 Å². The molecule has 0 saturated carbocycles. The molecule has 0 N–H and O–H groups in total. The lowest BCUT2D eigenvalue weighted by Gasteiger charge is -2.22. The highest BCUT2D eigenvalue weighted by atomic mass is 32.2. The Labute approximate surface area is 153 Å². The highest BCUT2D eigenvalue weighted by molar-refractivity contribution is 7.90. The number of nitrogens with zero attached hydrogens (tertiary/aromatic N) is 1. The Balaban J connectivity index is 1.76. The first-order chi connectivity index (χ1) is 12.2. The van der Waals surface area contributed by atoms with Gasteiger partial charge in [0.25, 0.3) is 5.91 Å². The Bertz CT molecular complexity index is 838. The Morgan fingerprint density at radius 3 is 2.58 bits per heavy atom. The second kappa shape index (κ2) is 7.52. The Morgan fingerprint density at radius 1 is 1.27 bits per heavy atom. The van der Waals surface area contributed by atoms with Crippen molar-refractivity contribution in [1.82, 2.24) is 4.90 Å². The van der Waals surface area contributed by atoms with Crippen molar-refractivity contribution in [3.63, 3.8) is 0 Å². The molecule has 0 aliphatic carbocycles. The first kappa shape index (κ1) is 19.1. The van der Waals surface area contributed by atoms with E-state index in [1.165, 1.54) is 6.26 Å². The number of aryl methyl sites for hydroxylation is 1. The van der Waals surface area contributed by atoms with Crippen LogP contribution in [-0.4, -0.2) is 57.5 Å². The molecule has 1 amide bonds. The van der Waals surface area contributed by atoms with Crippen LogP contribution >= 0.6 is 0 Å². The number of hydrogen-bond acceptors (Lipinski definition) is 6. The quantitative estimate of drug-likeness (QED) is 0.779. The van der Waals surface area contributed by atoms with Gasteiger partial charge >= 0.3 is 5.63 Å². The fraction of sp³-hybridized carbons (Fsp3) is 0.667. The van der Waals surface area contributed by atoms with E-state index in [0.29, 0.717) is 44.0 Å². The summed E-state index contributed by atoms with van der Waals surface area (Å²) in [5.41, 5.74) is 0.0585. The molecule has 1 aromatic rings. The van der Waals surface area contributed by atoms with Crippen molar-refractivity contribution in [3.8, 4) is 0 Å². The first-order valence-corrected chi connectivity index (χ1v) is 11.0. The summed E-state index contributed by atoms with van der Waals surface area (Å²) < 4.78 is 33.7. The predicted molar refractivity (Wildman–Crippen MR) is 96.2 cm³/mol. The van der Waals surface area contributed by atoms with Crippen LogP contribution in [-0.2, 0) is 14.6 Å². The van der Waals surface area contributed by atoms with Crippen molar-refractivity contribution in [2.75, 3.05) is 38.3 Å². The van der Waals surface area contributed by atoms with Gasteiger partial charge in [-0.3, -0.25) is 4.79 Å². The van der Waals surface area contributed by atoms with E-state index >= 15 is 0 Å². The van der Waals surface area contributed by atoms with E-state index in [2.05, 4.69) is 0 Å². The number of carbonyl (C=O) groups is 1. The lowest BCUT2D eigenvalue weighted by molar-refractivity contribution is 0.0766. The highest BCUT2D eigenvalue weighted by Crippen LogP contribution is 2.27. The Morgan fingerprint density at radius 2 is 1.96 bits per heavy atom. The summed E-state index contributed by atoms with van der Waals surface area (Å²) in [5.74, 6) is 0.370. The van der Waals surface area contributed by atoms with Crippen LogP contribution in [0, 0.1) is 12.8 Å². The maximum atomic E-state index is 12.8. The average molecular weight is 383 g/mol. The van der Waals surface area contributed by atoms with Gasteiger partial charge in [0.1, 0.15) is 21.2 Å². The Hall–Kier alpha value is -1.67. The minimum Gasteiger partial charge on any atom is -0.427 e. The molecule has 1 atom stereocenters. The van der Waals surface area contributed by atoms with Gasteiger partial charge in [-0.15, -0.1) is 0 Å². The van der Waals surface area contributed by atoms with Gasteiger partial charge in [0.15, 0.2) is 0 Å². The molecule has 2 aliphatic heterocycles. The summed E-state index contributed by atoms with van der Waals surface area (Å²) in [7, 11) is -3.08. The lowest BCUT2D eigenvalue weighted by atomic mass is 9.95. The number of amides is 1. The van der Waals surface area contributed by atoms with Gasteiger partial charge in [0.05, 0.1) is 5.75 Å². The summed E-state index contributed by atoms with van der Waals surface area (Å²) in [4.78, 5) is 26.8. The number of hydrogen-bond donors (Lipinski definition) is 0. The van der Waals surface area contributed by atoms with Gasteiger partial charge < -0.3 is 14.1 Å². The topological polar surface area (TPSA) is 93.9 Å². The predicted octanol–water partition coefficient (Wildman–Crippen LogP) is 1.35. The molecule has 2 aliphatic rings. The summed E-state index contributed by atoms with van der Waals surface area (Å²) >= 11 is 0. The molecule has 0 aromatic carbocycles. The van der Waals surface area contributed by atoms with E-state index in [1.54, 1.807) is 17.9 Å². The van der Waals surface area contributed by atoms with Crippen LogP contribution in [0.4, 0.5) is 0 Å². The zero-order valence-electron chi connectivity index (χ0n) is 15.2. The van der Waals surface area contributed by atoms with Gasteiger partial charge in [0.2, 0.25) is 0 Å². The molecule has 0 radical (unpaired) electrons. The third-order valence-electron chi connectivity index (χ3n) is 5.12. The van der Waals surface area contributed by atoms with Crippen LogP contribution in [0.3, 0.4) is 0 Å². The molecule has 1 unspecified atom stereocenters. The van der Waals surface area contributed by atoms with Crippen LogP contribution in [0.15, 0.2) is 15.3 Å². The van der Waals surface area contributed by atoms with E-state index in [1.807, 2.05) is 0 Å². The number of ether oxygens (including phenoxy) is 1. The highest BCUT2D eigenvalue weighted by Gasteiger charge is 2.32. The SMILES string of the molecule is Cc1cc(C2CCOCC2)oc(=O)c1C(=O)N1CCC(CS(C)(=O)=O)C1. The van der Waals surface area contributed by atoms with Gasteiger partial charge in [-0.25, -0.2) is 13.2 Å². The molecule has 2 saturated heterocycles. The molecule has 0 bridgehead atoms. The van der Waals surface area contributed by atoms with E-state index in [4.69, 9.17) is 9.15 Å².